The lowest BCUT2D eigenvalue weighted by molar-refractivity contribution is -0.149. The molecule has 2 saturated heterocycles. The van der Waals surface area contributed by atoms with Gasteiger partial charge in [-0.3, -0.25) is 19.3 Å². The normalized spacial score (nSPS) is 23.1. The van der Waals surface area contributed by atoms with Crippen molar-refractivity contribution in [2.75, 3.05) is 31.4 Å². The summed E-state index contributed by atoms with van der Waals surface area (Å²) < 4.78 is 15.7. The molecular weight excluding hydrogens is 352 g/mol. The van der Waals surface area contributed by atoms with Gasteiger partial charge in [0.2, 0.25) is 12.7 Å². The van der Waals surface area contributed by atoms with Crippen molar-refractivity contribution in [1.29, 1.82) is 0 Å². The predicted molar refractivity (Wildman–Crippen MR) is 94.4 cm³/mol. The van der Waals surface area contributed by atoms with E-state index in [1.165, 1.54) is 4.90 Å². The standard InChI is InChI=1S/C19H22N2O6/c1-2-25-19(24)12-5-7-20(8-6-12)14-10-17(22)21(18(14)23)13-3-4-15-16(9-13)27-11-26-15/h3-4,9,12,14H,2,5-8,10-11H2,1H3. The van der Waals surface area contributed by atoms with Gasteiger partial charge in [-0.25, -0.2) is 4.90 Å². The minimum Gasteiger partial charge on any atom is -0.466 e. The highest BCUT2D eigenvalue weighted by molar-refractivity contribution is 6.22. The summed E-state index contributed by atoms with van der Waals surface area (Å²) in [6.45, 7) is 3.50. The quantitative estimate of drug-likeness (QED) is 0.580. The minimum atomic E-state index is -0.480. The number of esters is 1. The number of carbonyl (C=O) groups excluding carboxylic acids is 3. The van der Waals surface area contributed by atoms with Gasteiger partial charge in [-0.05, 0) is 45.0 Å². The Morgan fingerprint density at radius 1 is 1.19 bits per heavy atom. The van der Waals surface area contributed by atoms with Crippen LogP contribution >= 0.6 is 0 Å². The van der Waals surface area contributed by atoms with Crippen LogP contribution < -0.4 is 14.4 Å². The summed E-state index contributed by atoms with van der Waals surface area (Å²) in [6.07, 6.45) is 1.43. The van der Waals surface area contributed by atoms with E-state index in [1.54, 1.807) is 25.1 Å². The second kappa shape index (κ2) is 7.19. The second-order valence-corrected chi connectivity index (χ2v) is 6.89. The maximum absolute atomic E-state index is 12.9. The Labute approximate surface area is 157 Å². The molecule has 3 aliphatic rings. The summed E-state index contributed by atoms with van der Waals surface area (Å²) in [7, 11) is 0. The summed E-state index contributed by atoms with van der Waals surface area (Å²) in [4.78, 5) is 40.6. The van der Waals surface area contributed by atoms with Crippen molar-refractivity contribution < 1.29 is 28.6 Å². The molecule has 3 aliphatic heterocycles. The fourth-order valence-corrected chi connectivity index (χ4v) is 3.90. The Balaban J connectivity index is 1.44. The average molecular weight is 374 g/mol. The molecule has 2 amide bonds. The largest absolute Gasteiger partial charge is 0.466 e. The van der Waals surface area contributed by atoms with Crippen LogP contribution in [-0.4, -0.2) is 55.2 Å². The fraction of sp³-hybridized carbons (Fsp3) is 0.526. The summed E-state index contributed by atoms with van der Waals surface area (Å²) >= 11 is 0. The molecule has 0 aromatic heterocycles. The number of hydrogen-bond acceptors (Lipinski definition) is 7. The molecule has 0 N–H and O–H groups in total. The number of benzene rings is 1. The van der Waals surface area contributed by atoms with E-state index in [9.17, 15) is 14.4 Å². The number of ether oxygens (including phenoxy) is 3. The number of piperidine rings is 1. The van der Waals surface area contributed by atoms with Crippen LogP contribution in [-0.2, 0) is 19.1 Å². The Kier molecular flexibility index (Phi) is 4.73. The van der Waals surface area contributed by atoms with Crippen molar-refractivity contribution in [2.45, 2.75) is 32.2 Å². The fourth-order valence-electron chi connectivity index (χ4n) is 3.90. The van der Waals surface area contributed by atoms with E-state index < -0.39 is 6.04 Å². The van der Waals surface area contributed by atoms with Crippen LogP contribution in [0.3, 0.4) is 0 Å². The zero-order valence-electron chi connectivity index (χ0n) is 15.2. The smallest absolute Gasteiger partial charge is 0.309 e. The number of carbonyl (C=O) groups is 3. The average Bonchev–Trinajstić information content (AvgIpc) is 3.25. The van der Waals surface area contributed by atoms with Gasteiger partial charge in [0.15, 0.2) is 11.5 Å². The third-order valence-corrected chi connectivity index (χ3v) is 5.33. The van der Waals surface area contributed by atoms with E-state index in [0.29, 0.717) is 49.7 Å². The maximum atomic E-state index is 12.9. The third kappa shape index (κ3) is 3.25. The van der Waals surface area contributed by atoms with Gasteiger partial charge in [-0.2, -0.15) is 0 Å². The van der Waals surface area contributed by atoms with Crippen LogP contribution in [0.4, 0.5) is 5.69 Å². The van der Waals surface area contributed by atoms with E-state index in [4.69, 9.17) is 14.2 Å². The van der Waals surface area contributed by atoms with Crippen molar-refractivity contribution in [3.8, 4) is 11.5 Å². The van der Waals surface area contributed by atoms with Gasteiger partial charge in [-0.1, -0.05) is 0 Å². The van der Waals surface area contributed by atoms with Crippen LogP contribution in [0.1, 0.15) is 26.2 Å². The van der Waals surface area contributed by atoms with Gasteiger partial charge in [0.1, 0.15) is 0 Å². The molecule has 0 radical (unpaired) electrons. The summed E-state index contributed by atoms with van der Waals surface area (Å²) in [6, 6.07) is 4.58. The van der Waals surface area contributed by atoms with Crippen molar-refractivity contribution in [2.24, 2.45) is 5.92 Å². The highest BCUT2D eigenvalue weighted by Gasteiger charge is 2.44. The minimum absolute atomic E-state index is 0.127. The maximum Gasteiger partial charge on any atom is 0.309 e. The number of likely N-dealkylation sites (tertiary alicyclic amines) is 1. The lowest BCUT2D eigenvalue weighted by Gasteiger charge is -2.33. The van der Waals surface area contributed by atoms with Gasteiger partial charge < -0.3 is 14.2 Å². The summed E-state index contributed by atoms with van der Waals surface area (Å²) in [5.41, 5.74) is 0.498. The number of nitrogens with zero attached hydrogens (tertiary/aromatic N) is 2. The van der Waals surface area contributed by atoms with Crippen LogP contribution in [0, 0.1) is 5.92 Å². The lowest BCUT2D eigenvalue weighted by atomic mass is 9.95. The molecule has 1 aromatic rings. The van der Waals surface area contributed by atoms with Crippen molar-refractivity contribution in [3.63, 3.8) is 0 Å². The number of fused-ring (bicyclic) bond motifs is 1. The topological polar surface area (TPSA) is 85.4 Å². The highest BCUT2D eigenvalue weighted by Crippen LogP contribution is 2.37. The summed E-state index contributed by atoms with van der Waals surface area (Å²) in [5, 5.41) is 0. The molecule has 1 unspecified atom stereocenters. The predicted octanol–water partition coefficient (Wildman–Crippen LogP) is 1.32. The summed E-state index contributed by atoms with van der Waals surface area (Å²) in [5.74, 6) is 0.387. The first-order valence-electron chi connectivity index (χ1n) is 9.25. The van der Waals surface area contributed by atoms with Crippen LogP contribution in [0.5, 0.6) is 11.5 Å². The van der Waals surface area contributed by atoms with Crippen molar-refractivity contribution in [1.82, 2.24) is 4.90 Å². The van der Waals surface area contributed by atoms with Crippen LogP contribution in [0.25, 0.3) is 0 Å². The van der Waals surface area contributed by atoms with Crippen LogP contribution in [0.15, 0.2) is 18.2 Å². The molecule has 0 aliphatic carbocycles. The Morgan fingerprint density at radius 3 is 2.67 bits per heavy atom. The van der Waals surface area contributed by atoms with Crippen molar-refractivity contribution in [3.05, 3.63) is 18.2 Å². The van der Waals surface area contributed by atoms with Gasteiger partial charge in [0.25, 0.3) is 5.91 Å². The zero-order valence-corrected chi connectivity index (χ0v) is 15.2. The van der Waals surface area contributed by atoms with E-state index in [2.05, 4.69) is 0 Å². The molecule has 8 heteroatoms. The molecule has 0 bridgehead atoms. The highest BCUT2D eigenvalue weighted by atomic mass is 16.7. The first kappa shape index (κ1) is 17.8. The van der Waals surface area contributed by atoms with E-state index in [0.717, 1.165) is 0 Å². The van der Waals surface area contributed by atoms with E-state index in [1.807, 2.05) is 4.90 Å². The molecular formula is C19H22N2O6. The molecule has 0 spiro atoms. The SMILES string of the molecule is CCOC(=O)C1CCN(C2CC(=O)N(c3ccc4c(c3)OCO4)C2=O)CC1. The number of imide groups is 1. The van der Waals surface area contributed by atoms with Gasteiger partial charge in [-0.15, -0.1) is 0 Å². The number of amides is 2. The molecule has 1 atom stereocenters. The van der Waals surface area contributed by atoms with E-state index >= 15 is 0 Å². The molecule has 0 saturated carbocycles. The molecule has 1 aromatic carbocycles. The molecule has 27 heavy (non-hydrogen) atoms. The number of anilines is 1. The number of hydrogen-bond donors (Lipinski definition) is 0. The molecule has 144 valence electrons. The van der Waals surface area contributed by atoms with E-state index in [-0.39, 0.29) is 36.9 Å². The Morgan fingerprint density at radius 2 is 1.93 bits per heavy atom. The Bertz CT molecular complexity index is 771. The van der Waals surface area contributed by atoms with Crippen LogP contribution in [0.2, 0.25) is 0 Å². The Hall–Kier alpha value is -2.61. The first-order valence-corrected chi connectivity index (χ1v) is 9.25. The second-order valence-electron chi connectivity index (χ2n) is 6.89. The third-order valence-electron chi connectivity index (χ3n) is 5.33. The monoisotopic (exact) mass is 374 g/mol. The zero-order chi connectivity index (χ0) is 19.0. The lowest BCUT2D eigenvalue weighted by Crippen LogP contribution is -2.47. The van der Waals surface area contributed by atoms with Crippen molar-refractivity contribution >= 4 is 23.5 Å². The first-order chi connectivity index (χ1) is 13.1. The van der Waals surface area contributed by atoms with Gasteiger partial charge in [0.05, 0.1) is 30.7 Å². The molecule has 8 nitrogen and oxygen atoms in total. The van der Waals surface area contributed by atoms with Gasteiger partial charge >= 0.3 is 5.97 Å². The molecule has 2 fully saturated rings. The number of rotatable bonds is 4. The molecule has 4 rings (SSSR count). The molecule has 3 heterocycles. The van der Waals surface area contributed by atoms with Gasteiger partial charge in [0, 0.05) is 6.07 Å².